The van der Waals surface area contributed by atoms with Crippen molar-refractivity contribution in [3.8, 4) is 11.4 Å². The van der Waals surface area contributed by atoms with Crippen molar-refractivity contribution >= 4 is 28.1 Å². The fraction of sp³-hybridized carbons (Fsp3) is 0.100. The molecule has 76 valence electrons. The van der Waals surface area contributed by atoms with E-state index >= 15 is 0 Å². The van der Waals surface area contributed by atoms with Gasteiger partial charge in [-0.15, -0.1) is 0 Å². The van der Waals surface area contributed by atoms with Crippen LogP contribution < -0.4 is 0 Å². The largest absolute Gasteiger partial charge is 0.342 e. The predicted octanol–water partition coefficient (Wildman–Crippen LogP) is 3.27. The van der Waals surface area contributed by atoms with Crippen LogP contribution in [-0.2, 0) is 0 Å². The van der Waals surface area contributed by atoms with Gasteiger partial charge in [0.05, 0.1) is 4.47 Å². The van der Waals surface area contributed by atoms with E-state index in [1.54, 1.807) is 12.4 Å². The number of rotatable bonds is 1. The van der Waals surface area contributed by atoms with Crippen LogP contribution in [0.4, 0.5) is 0 Å². The summed E-state index contributed by atoms with van der Waals surface area (Å²) in [4.78, 5) is 11.5. The van der Waals surface area contributed by atoms with Crippen molar-refractivity contribution in [2.24, 2.45) is 0 Å². The highest BCUT2D eigenvalue weighted by molar-refractivity contribution is 9.10. The van der Waals surface area contributed by atoms with E-state index in [1.807, 2.05) is 19.1 Å². The molecule has 1 N–H and O–H groups in total. The molecule has 0 bridgehead atoms. The van der Waals surface area contributed by atoms with Crippen molar-refractivity contribution in [2.75, 3.05) is 0 Å². The highest BCUT2D eigenvalue weighted by Gasteiger charge is 2.04. The fourth-order valence-corrected chi connectivity index (χ4v) is 1.64. The summed E-state index contributed by atoms with van der Waals surface area (Å²) in [7, 11) is 0. The Balaban J connectivity index is 2.61. The first-order valence-electron chi connectivity index (χ1n) is 4.35. The minimum absolute atomic E-state index is 0.560. The molecule has 0 aromatic carbocycles. The Bertz CT molecular complexity index is 536. The SMILES string of the molecule is Cc1[nH]c(-c2cccnc2)nc(=S)c1Br. The third-order valence-electron chi connectivity index (χ3n) is 1.97. The second-order valence-corrected chi connectivity index (χ2v) is 4.25. The number of hydrogen-bond acceptors (Lipinski definition) is 3. The molecular weight excluding hydrogens is 274 g/mol. The zero-order valence-electron chi connectivity index (χ0n) is 7.99. The standard InChI is InChI=1S/C10H8BrN3S/c1-6-8(11)10(15)14-9(13-6)7-3-2-4-12-5-7/h2-5H,1H3,(H,13,14,15). The van der Waals surface area contributed by atoms with Gasteiger partial charge in [-0.25, -0.2) is 4.98 Å². The summed E-state index contributed by atoms with van der Waals surface area (Å²) < 4.78 is 1.40. The van der Waals surface area contributed by atoms with Crippen LogP contribution in [0.1, 0.15) is 5.69 Å². The molecule has 0 aliphatic heterocycles. The van der Waals surface area contributed by atoms with E-state index in [-0.39, 0.29) is 0 Å². The number of halogens is 1. The Kier molecular flexibility index (Phi) is 2.93. The van der Waals surface area contributed by atoms with Gasteiger partial charge in [-0.2, -0.15) is 0 Å². The lowest BCUT2D eigenvalue weighted by Gasteiger charge is -2.04. The van der Waals surface area contributed by atoms with Gasteiger partial charge in [-0.1, -0.05) is 12.2 Å². The predicted molar refractivity (Wildman–Crippen MR) is 65.1 cm³/mol. The molecule has 3 nitrogen and oxygen atoms in total. The summed E-state index contributed by atoms with van der Waals surface area (Å²) in [5.74, 6) is 0.744. The number of aromatic nitrogens is 3. The summed E-state index contributed by atoms with van der Waals surface area (Å²) in [6.07, 6.45) is 3.48. The van der Waals surface area contributed by atoms with Gasteiger partial charge in [0.1, 0.15) is 10.5 Å². The fourth-order valence-electron chi connectivity index (χ4n) is 1.21. The molecular formula is C10H8BrN3S. The molecule has 0 fully saturated rings. The second kappa shape index (κ2) is 4.20. The van der Waals surface area contributed by atoms with Crippen LogP contribution in [0.2, 0.25) is 0 Å². The van der Waals surface area contributed by atoms with Gasteiger partial charge in [0.15, 0.2) is 0 Å². The van der Waals surface area contributed by atoms with Gasteiger partial charge >= 0.3 is 0 Å². The molecule has 2 heterocycles. The first-order chi connectivity index (χ1) is 7.18. The quantitative estimate of drug-likeness (QED) is 0.816. The van der Waals surface area contributed by atoms with Gasteiger partial charge in [0.2, 0.25) is 0 Å². The van der Waals surface area contributed by atoms with E-state index in [9.17, 15) is 0 Å². The summed E-state index contributed by atoms with van der Waals surface area (Å²) >= 11 is 8.50. The van der Waals surface area contributed by atoms with Crippen LogP contribution in [0, 0.1) is 11.6 Å². The number of aromatic amines is 1. The lowest BCUT2D eigenvalue weighted by Crippen LogP contribution is -1.94. The van der Waals surface area contributed by atoms with E-state index in [0.29, 0.717) is 4.64 Å². The van der Waals surface area contributed by atoms with Crippen molar-refractivity contribution in [3.63, 3.8) is 0 Å². The van der Waals surface area contributed by atoms with Crippen LogP contribution in [0.3, 0.4) is 0 Å². The molecule has 0 saturated heterocycles. The molecule has 0 saturated carbocycles. The highest BCUT2D eigenvalue weighted by atomic mass is 79.9. The van der Waals surface area contributed by atoms with E-state index < -0.39 is 0 Å². The molecule has 2 aromatic heterocycles. The van der Waals surface area contributed by atoms with E-state index in [2.05, 4.69) is 30.9 Å². The molecule has 0 amide bonds. The average Bonchev–Trinajstić information content (AvgIpc) is 2.26. The number of nitrogens with one attached hydrogen (secondary N) is 1. The lowest BCUT2D eigenvalue weighted by atomic mass is 10.2. The third-order valence-corrected chi connectivity index (χ3v) is 3.50. The van der Waals surface area contributed by atoms with Gasteiger partial charge < -0.3 is 4.98 Å². The molecule has 2 aromatic rings. The zero-order valence-corrected chi connectivity index (χ0v) is 10.4. The number of aryl methyl sites for hydroxylation is 1. The van der Waals surface area contributed by atoms with Crippen molar-refractivity contribution in [3.05, 3.63) is 39.3 Å². The van der Waals surface area contributed by atoms with Crippen molar-refractivity contribution in [2.45, 2.75) is 6.92 Å². The van der Waals surface area contributed by atoms with Crippen molar-refractivity contribution in [1.82, 2.24) is 15.0 Å². The van der Waals surface area contributed by atoms with Crippen LogP contribution in [0.15, 0.2) is 29.0 Å². The van der Waals surface area contributed by atoms with Crippen LogP contribution in [0.5, 0.6) is 0 Å². The average molecular weight is 282 g/mol. The molecule has 5 heteroatoms. The molecule has 0 radical (unpaired) electrons. The molecule has 15 heavy (non-hydrogen) atoms. The first kappa shape index (κ1) is 10.4. The minimum atomic E-state index is 0.560. The molecule has 0 spiro atoms. The number of H-pyrrole nitrogens is 1. The maximum Gasteiger partial charge on any atom is 0.144 e. The van der Waals surface area contributed by atoms with E-state index in [0.717, 1.165) is 21.6 Å². The van der Waals surface area contributed by atoms with Crippen LogP contribution in [-0.4, -0.2) is 15.0 Å². The van der Waals surface area contributed by atoms with E-state index in [1.165, 1.54) is 0 Å². The van der Waals surface area contributed by atoms with Crippen molar-refractivity contribution < 1.29 is 0 Å². The van der Waals surface area contributed by atoms with Crippen LogP contribution in [0.25, 0.3) is 11.4 Å². The molecule has 0 unspecified atom stereocenters. The van der Waals surface area contributed by atoms with Crippen molar-refractivity contribution in [1.29, 1.82) is 0 Å². The monoisotopic (exact) mass is 281 g/mol. The Morgan fingerprint density at radius 2 is 2.27 bits per heavy atom. The first-order valence-corrected chi connectivity index (χ1v) is 5.55. The van der Waals surface area contributed by atoms with Gasteiger partial charge in [-0.05, 0) is 35.0 Å². The summed E-state index contributed by atoms with van der Waals surface area (Å²) in [5.41, 5.74) is 1.90. The Labute approximate surface area is 101 Å². The van der Waals surface area contributed by atoms with Gasteiger partial charge in [0, 0.05) is 23.7 Å². The smallest absolute Gasteiger partial charge is 0.144 e. The topological polar surface area (TPSA) is 41.6 Å². The summed E-state index contributed by atoms with van der Waals surface area (Å²) in [5, 5.41) is 0. The number of pyridine rings is 1. The maximum absolute atomic E-state index is 5.13. The normalized spacial score (nSPS) is 10.3. The number of hydrogen-bond donors (Lipinski definition) is 1. The van der Waals surface area contributed by atoms with E-state index in [4.69, 9.17) is 12.2 Å². The van der Waals surface area contributed by atoms with Gasteiger partial charge in [0.25, 0.3) is 0 Å². The Morgan fingerprint density at radius 3 is 2.87 bits per heavy atom. The molecule has 2 rings (SSSR count). The van der Waals surface area contributed by atoms with Gasteiger partial charge in [-0.3, -0.25) is 4.98 Å². The maximum atomic E-state index is 5.13. The number of nitrogens with zero attached hydrogens (tertiary/aromatic N) is 2. The Hall–Kier alpha value is -1.07. The third kappa shape index (κ3) is 2.13. The highest BCUT2D eigenvalue weighted by Crippen LogP contribution is 2.19. The molecule has 0 aliphatic carbocycles. The lowest BCUT2D eigenvalue weighted by molar-refractivity contribution is 1.07. The van der Waals surface area contributed by atoms with Crippen LogP contribution >= 0.6 is 28.1 Å². The second-order valence-electron chi connectivity index (χ2n) is 3.07. The summed E-state index contributed by atoms with van der Waals surface area (Å²) in [6, 6.07) is 3.80. The summed E-state index contributed by atoms with van der Waals surface area (Å²) in [6.45, 7) is 1.95. The Morgan fingerprint density at radius 1 is 1.47 bits per heavy atom. The zero-order chi connectivity index (χ0) is 10.8. The molecule has 0 aliphatic rings. The molecule has 0 atom stereocenters. The minimum Gasteiger partial charge on any atom is -0.342 e.